The number of rotatable bonds is 6. The van der Waals surface area contributed by atoms with E-state index in [-0.39, 0.29) is 5.92 Å². The van der Waals surface area contributed by atoms with Crippen molar-refractivity contribution in [1.29, 1.82) is 0 Å². The van der Waals surface area contributed by atoms with Gasteiger partial charge in [-0.15, -0.1) is 0 Å². The molecule has 0 aliphatic rings. The fourth-order valence-corrected chi connectivity index (χ4v) is 2.32. The topological polar surface area (TPSA) is 97.1 Å². The van der Waals surface area contributed by atoms with Crippen LogP contribution in [0.3, 0.4) is 0 Å². The lowest BCUT2D eigenvalue weighted by Crippen LogP contribution is -2.41. The smallest absolute Gasteiger partial charge is 0.326 e. The maximum atomic E-state index is 12.3. The zero-order valence-electron chi connectivity index (χ0n) is 13.4. The second-order valence-electron chi connectivity index (χ2n) is 5.84. The zero-order chi connectivity index (χ0) is 17.0. The molecule has 1 aromatic heterocycles. The van der Waals surface area contributed by atoms with Gasteiger partial charge in [0.25, 0.3) is 5.91 Å². The van der Waals surface area contributed by atoms with E-state index in [0.29, 0.717) is 12.0 Å². The van der Waals surface area contributed by atoms with E-state index in [0.717, 1.165) is 11.3 Å². The third-order valence-corrected chi connectivity index (χ3v) is 3.44. The lowest BCUT2D eigenvalue weighted by Gasteiger charge is -2.17. The van der Waals surface area contributed by atoms with Gasteiger partial charge < -0.3 is 10.4 Å². The molecule has 0 saturated heterocycles. The first-order chi connectivity index (χ1) is 10.9. The minimum Gasteiger partial charge on any atom is -0.480 e. The van der Waals surface area contributed by atoms with Crippen molar-refractivity contribution in [3.63, 3.8) is 0 Å². The number of aryl methyl sites for hydroxylation is 1. The van der Waals surface area contributed by atoms with Gasteiger partial charge in [0.05, 0.1) is 5.69 Å². The maximum Gasteiger partial charge on any atom is 0.326 e. The van der Waals surface area contributed by atoms with E-state index in [1.807, 2.05) is 20.8 Å². The molecule has 0 saturated carbocycles. The van der Waals surface area contributed by atoms with Gasteiger partial charge in [0.15, 0.2) is 0 Å². The number of carboxylic acid groups (broad SMARTS) is 1. The van der Waals surface area contributed by atoms with E-state index in [1.165, 1.54) is 6.33 Å². The van der Waals surface area contributed by atoms with Crippen molar-refractivity contribution in [2.45, 2.75) is 33.2 Å². The molecule has 7 nitrogen and oxygen atoms in total. The van der Waals surface area contributed by atoms with Gasteiger partial charge in [0, 0.05) is 5.56 Å². The summed E-state index contributed by atoms with van der Waals surface area (Å²) in [6.45, 7) is 5.69. The van der Waals surface area contributed by atoms with Crippen molar-refractivity contribution in [1.82, 2.24) is 20.1 Å². The lowest BCUT2D eigenvalue weighted by molar-refractivity contribution is -0.139. The summed E-state index contributed by atoms with van der Waals surface area (Å²) < 4.78 is 1.61. The van der Waals surface area contributed by atoms with Crippen LogP contribution in [0.1, 0.15) is 36.2 Å². The van der Waals surface area contributed by atoms with Crippen molar-refractivity contribution >= 4 is 11.9 Å². The minimum atomic E-state index is -1.02. The highest BCUT2D eigenvalue weighted by atomic mass is 16.4. The lowest BCUT2D eigenvalue weighted by atomic mass is 10.0. The molecule has 1 heterocycles. The number of carboxylic acids is 1. The largest absolute Gasteiger partial charge is 0.480 e. The summed E-state index contributed by atoms with van der Waals surface area (Å²) in [5, 5.41) is 15.8. The second kappa shape index (κ2) is 7.04. The molecule has 2 rings (SSSR count). The van der Waals surface area contributed by atoms with Gasteiger partial charge >= 0.3 is 5.97 Å². The SMILES string of the molecule is Cc1cc(C(=O)NC(CC(C)C)C(=O)O)ccc1-n1cncn1. The summed E-state index contributed by atoms with van der Waals surface area (Å²) in [5.74, 6) is -1.25. The molecule has 1 aromatic carbocycles. The van der Waals surface area contributed by atoms with Crippen LogP contribution in [0.5, 0.6) is 0 Å². The molecule has 23 heavy (non-hydrogen) atoms. The van der Waals surface area contributed by atoms with Crippen LogP contribution in [-0.4, -0.2) is 37.8 Å². The Morgan fingerprint density at radius 2 is 2.09 bits per heavy atom. The van der Waals surface area contributed by atoms with Crippen molar-refractivity contribution in [2.75, 3.05) is 0 Å². The highest BCUT2D eigenvalue weighted by Crippen LogP contribution is 2.15. The Morgan fingerprint density at radius 3 is 2.61 bits per heavy atom. The molecule has 122 valence electrons. The predicted molar refractivity (Wildman–Crippen MR) is 84.4 cm³/mol. The maximum absolute atomic E-state index is 12.3. The van der Waals surface area contributed by atoms with Crippen LogP contribution in [-0.2, 0) is 4.79 Å². The predicted octanol–water partition coefficient (Wildman–Crippen LogP) is 1.80. The molecule has 0 aliphatic heterocycles. The number of aromatic nitrogens is 3. The monoisotopic (exact) mass is 316 g/mol. The van der Waals surface area contributed by atoms with Crippen molar-refractivity contribution in [2.24, 2.45) is 5.92 Å². The summed E-state index contributed by atoms with van der Waals surface area (Å²) >= 11 is 0. The summed E-state index contributed by atoms with van der Waals surface area (Å²) in [7, 11) is 0. The van der Waals surface area contributed by atoms with E-state index in [1.54, 1.807) is 29.2 Å². The van der Waals surface area contributed by atoms with Crippen LogP contribution in [0.25, 0.3) is 5.69 Å². The Hall–Kier alpha value is -2.70. The van der Waals surface area contributed by atoms with Gasteiger partial charge in [-0.05, 0) is 43.0 Å². The van der Waals surface area contributed by atoms with E-state index in [2.05, 4.69) is 15.4 Å². The normalized spacial score (nSPS) is 12.2. The average Bonchev–Trinajstić information content (AvgIpc) is 2.99. The Kier molecular flexibility index (Phi) is 5.10. The van der Waals surface area contributed by atoms with Crippen LogP contribution in [0.2, 0.25) is 0 Å². The summed E-state index contributed by atoms with van der Waals surface area (Å²) in [6, 6.07) is 4.23. The van der Waals surface area contributed by atoms with E-state index < -0.39 is 17.9 Å². The fraction of sp³-hybridized carbons (Fsp3) is 0.375. The summed E-state index contributed by atoms with van der Waals surface area (Å²) in [5.41, 5.74) is 2.08. The minimum absolute atomic E-state index is 0.174. The summed E-state index contributed by atoms with van der Waals surface area (Å²) in [4.78, 5) is 27.4. The van der Waals surface area contributed by atoms with Crippen LogP contribution in [0.4, 0.5) is 0 Å². The first kappa shape index (κ1) is 16.7. The fourth-order valence-electron chi connectivity index (χ4n) is 2.32. The van der Waals surface area contributed by atoms with Gasteiger partial charge in [-0.2, -0.15) is 5.10 Å². The van der Waals surface area contributed by atoms with Gasteiger partial charge in [-0.25, -0.2) is 14.5 Å². The molecule has 0 bridgehead atoms. The van der Waals surface area contributed by atoms with Crippen LogP contribution in [0.15, 0.2) is 30.9 Å². The first-order valence-electron chi connectivity index (χ1n) is 7.37. The number of carbonyl (C=O) groups excluding carboxylic acids is 1. The quantitative estimate of drug-likeness (QED) is 0.847. The molecule has 7 heteroatoms. The third-order valence-electron chi connectivity index (χ3n) is 3.44. The molecule has 0 spiro atoms. The molecule has 0 radical (unpaired) electrons. The second-order valence-corrected chi connectivity index (χ2v) is 5.84. The zero-order valence-corrected chi connectivity index (χ0v) is 13.4. The average molecular weight is 316 g/mol. The molecule has 2 aromatic rings. The number of carbonyl (C=O) groups is 2. The Morgan fingerprint density at radius 1 is 1.35 bits per heavy atom. The van der Waals surface area contributed by atoms with Gasteiger partial charge in [-0.1, -0.05) is 13.8 Å². The van der Waals surface area contributed by atoms with Gasteiger partial charge in [0.1, 0.15) is 18.7 Å². The van der Waals surface area contributed by atoms with Gasteiger partial charge in [-0.3, -0.25) is 4.79 Å². The van der Waals surface area contributed by atoms with Crippen molar-refractivity contribution in [3.05, 3.63) is 42.0 Å². The van der Waals surface area contributed by atoms with Crippen molar-refractivity contribution < 1.29 is 14.7 Å². The molecule has 0 aliphatic carbocycles. The Bertz CT molecular complexity index is 695. The van der Waals surface area contributed by atoms with E-state index in [4.69, 9.17) is 0 Å². The molecular weight excluding hydrogens is 296 g/mol. The van der Waals surface area contributed by atoms with Gasteiger partial charge in [0.2, 0.25) is 0 Å². The Labute approximate surface area is 134 Å². The molecule has 1 unspecified atom stereocenters. The van der Waals surface area contributed by atoms with E-state index >= 15 is 0 Å². The number of nitrogens with one attached hydrogen (secondary N) is 1. The third kappa shape index (κ3) is 4.15. The number of aliphatic carboxylic acids is 1. The van der Waals surface area contributed by atoms with E-state index in [9.17, 15) is 14.7 Å². The molecule has 2 N–H and O–H groups in total. The van der Waals surface area contributed by atoms with Crippen molar-refractivity contribution in [3.8, 4) is 5.69 Å². The number of hydrogen-bond acceptors (Lipinski definition) is 4. The standard InChI is InChI=1S/C16H20N4O3/c1-10(2)6-13(16(22)23)19-15(21)12-4-5-14(11(3)7-12)20-9-17-8-18-20/h4-5,7-10,13H,6H2,1-3H3,(H,19,21)(H,22,23). The number of nitrogens with zero attached hydrogens (tertiary/aromatic N) is 3. The number of benzene rings is 1. The molecule has 1 atom stereocenters. The molecule has 0 fully saturated rings. The summed E-state index contributed by atoms with van der Waals surface area (Å²) in [6.07, 6.45) is 3.39. The van der Waals surface area contributed by atoms with Crippen LogP contribution < -0.4 is 5.32 Å². The van der Waals surface area contributed by atoms with Crippen LogP contribution in [0, 0.1) is 12.8 Å². The van der Waals surface area contributed by atoms with Crippen LogP contribution >= 0.6 is 0 Å². The highest BCUT2D eigenvalue weighted by molar-refractivity contribution is 5.97. The number of amides is 1. The molecular formula is C16H20N4O3. The highest BCUT2D eigenvalue weighted by Gasteiger charge is 2.22. The molecule has 1 amide bonds. The number of hydrogen-bond donors (Lipinski definition) is 2. The Balaban J connectivity index is 2.16. The first-order valence-corrected chi connectivity index (χ1v) is 7.37.